The van der Waals surface area contributed by atoms with Gasteiger partial charge in [-0.25, -0.2) is 15.0 Å². The SMILES string of the molecule is [2H]c1c([2H])c(-c2nc(-c3ccccc3)nc(-c3ccc4c(c3)oc3ccccc34)n2)c([2H])c(-c2c([2H])c([2H])c([2H])c(-c3c([2H])c([2H])c([2H])c4sc5c([2H])c([2H])c([2H])c([2H])c5c34)c2[2H])c1[2H]. The van der Waals surface area contributed by atoms with Crippen LogP contribution in [-0.2, 0) is 0 Å². The maximum Gasteiger partial charge on any atom is 0.164 e. The van der Waals surface area contributed by atoms with Crippen molar-refractivity contribution >= 4 is 53.4 Å². The zero-order chi connectivity index (χ0) is 46.1. The third-order valence-electron chi connectivity index (χ3n) is 8.23. The smallest absolute Gasteiger partial charge is 0.164 e. The Morgan fingerprint density at radius 2 is 1.10 bits per heavy atom. The summed E-state index contributed by atoms with van der Waals surface area (Å²) in [6.45, 7) is 0. The Balaban J connectivity index is 1.26. The van der Waals surface area contributed by atoms with Crippen LogP contribution in [-0.4, -0.2) is 15.0 Å². The zero-order valence-electron chi connectivity index (χ0n) is 40.6. The number of fused-ring (bicyclic) bond motifs is 6. The van der Waals surface area contributed by atoms with E-state index in [0.29, 0.717) is 22.3 Å². The van der Waals surface area contributed by atoms with Crippen LogP contribution in [0.2, 0.25) is 0 Å². The van der Waals surface area contributed by atoms with E-state index in [0.717, 1.165) is 22.1 Å². The van der Waals surface area contributed by atoms with E-state index >= 15 is 0 Å². The minimum absolute atomic E-state index is 0.00671. The van der Waals surface area contributed by atoms with Gasteiger partial charge in [0.25, 0.3) is 0 Å². The van der Waals surface area contributed by atoms with Gasteiger partial charge in [0.05, 0.1) is 20.6 Å². The van der Waals surface area contributed by atoms with Crippen LogP contribution < -0.4 is 0 Å². The minimum Gasteiger partial charge on any atom is -0.456 e. The fourth-order valence-corrected chi connectivity index (χ4v) is 6.89. The van der Waals surface area contributed by atoms with Gasteiger partial charge in [0.15, 0.2) is 17.5 Å². The summed E-state index contributed by atoms with van der Waals surface area (Å²) in [6.07, 6.45) is 0. The molecule has 0 N–H and O–H groups in total. The summed E-state index contributed by atoms with van der Waals surface area (Å²) >= 11 is 0.774. The highest BCUT2D eigenvalue weighted by molar-refractivity contribution is 7.25. The van der Waals surface area contributed by atoms with Crippen molar-refractivity contribution in [2.75, 3.05) is 0 Å². The number of hydrogen-bond donors (Lipinski definition) is 0. The van der Waals surface area contributed by atoms with E-state index in [4.69, 9.17) is 32.2 Å². The summed E-state index contributed by atoms with van der Waals surface area (Å²) in [5, 5.41) is 1.46. The Labute approximate surface area is 313 Å². The van der Waals surface area contributed by atoms with Gasteiger partial charge in [-0.1, -0.05) is 121 Å². The van der Waals surface area contributed by atoms with Gasteiger partial charge < -0.3 is 4.42 Å². The van der Waals surface area contributed by atoms with Crippen LogP contribution in [0, 0.1) is 0 Å². The van der Waals surface area contributed by atoms with Crippen molar-refractivity contribution in [2.45, 2.75) is 0 Å². The molecule has 0 unspecified atom stereocenters. The second-order valence-corrected chi connectivity index (χ2v) is 12.3. The summed E-state index contributed by atoms with van der Waals surface area (Å²) < 4.78 is 140. The molecule has 0 spiro atoms. The van der Waals surface area contributed by atoms with Crippen molar-refractivity contribution in [1.29, 1.82) is 0 Å². The van der Waals surface area contributed by atoms with E-state index in [-0.39, 0.29) is 48.8 Å². The number of thiophene rings is 1. The molecule has 3 heterocycles. The maximum atomic E-state index is 9.64. The summed E-state index contributed by atoms with van der Waals surface area (Å²) in [4.78, 5) is 14.1. The van der Waals surface area contributed by atoms with E-state index < -0.39 is 107 Å². The van der Waals surface area contributed by atoms with Gasteiger partial charge in [0.1, 0.15) is 11.2 Å². The topological polar surface area (TPSA) is 51.8 Å². The number of aromatic nitrogens is 3. The fraction of sp³-hybridized carbons (Fsp3) is 0. The van der Waals surface area contributed by atoms with Crippen LogP contribution in [0.3, 0.4) is 0 Å². The number of para-hydroxylation sites is 1. The lowest BCUT2D eigenvalue weighted by Gasteiger charge is -2.11. The first-order chi connectivity index (χ1) is 31.0. The molecule has 0 aliphatic heterocycles. The lowest BCUT2D eigenvalue weighted by molar-refractivity contribution is 0.669. The maximum absolute atomic E-state index is 9.64. The Bertz CT molecular complexity index is 3740. The third-order valence-corrected chi connectivity index (χ3v) is 9.25. The zero-order valence-corrected chi connectivity index (χ0v) is 26.4. The summed E-state index contributed by atoms with van der Waals surface area (Å²) in [5.41, 5.74) is -0.222. The average molecular weight is 673 g/mol. The van der Waals surface area contributed by atoms with Crippen molar-refractivity contribution in [3.8, 4) is 56.4 Å². The van der Waals surface area contributed by atoms with Gasteiger partial charge in [-0.15, -0.1) is 11.3 Å². The summed E-state index contributed by atoms with van der Waals surface area (Å²) in [5.74, 6) is -0.0267. The average Bonchev–Trinajstić information content (AvgIpc) is 3.90. The van der Waals surface area contributed by atoms with Gasteiger partial charge in [0.2, 0.25) is 0 Å². The second kappa shape index (κ2) is 11.6. The number of nitrogens with zero attached hydrogens (tertiary/aromatic N) is 3. The standard InChI is InChI=1S/C45H27N3OS/c1-2-11-28(12-3-1)43-46-44(48-45(47-43)33-23-24-36-35-17-4-6-20-38(35)49-39(36)27-33)32-16-9-14-30(26-32)29-13-8-15-31(25-29)34-19-10-22-41-42(34)37-18-5-7-21-40(37)50-41/h1-27H/i5D,7D,8D,9D,10D,13D,14D,15D,16D,18D,19D,21D,22D,25D,26D. The second-order valence-electron chi connectivity index (χ2n) is 11.2. The predicted molar refractivity (Wildman–Crippen MR) is 207 cm³/mol. The molecular formula is C45H27N3OS. The molecule has 0 radical (unpaired) electrons. The number of furan rings is 1. The Hall–Kier alpha value is -6.43. The molecule has 0 atom stereocenters. The van der Waals surface area contributed by atoms with Crippen LogP contribution in [0.15, 0.2) is 168 Å². The molecule has 0 bridgehead atoms. The van der Waals surface area contributed by atoms with Crippen molar-refractivity contribution in [2.24, 2.45) is 0 Å². The van der Waals surface area contributed by atoms with Gasteiger partial charge in [-0.05, 0) is 64.6 Å². The Morgan fingerprint density at radius 3 is 1.96 bits per heavy atom. The lowest BCUT2D eigenvalue weighted by atomic mass is 9.95. The van der Waals surface area contributed by atoms with Crippen LogP contribution in [0.1, 0.15) is 20.6 Å². The van der Waals surface area contributed by atoms with E-state index in [1.807, 2.05) is 30.3 Å². The molecule has 3 aromatic heterocycles. The molecule has 0 fully saturated rings. The van der Waals surface area contributed by atoms with Gasteiger partial charge in [0, 0.05) is 47.6 Å². The minimum atomic E-state index is -0.821. The van der Waals surface area contributed by atoms with Crippen molar-refractivity contribution in [1.82, 2.24) is 15.0 Å². The van der Waals surface area contributed by atoms with Crippen LogP contribution in [0.25, 0.3) is 98.5 Å². The molecule has 10 aromatic rings. The Kier molecular flexibility index (Phi) is 4.02. The first kappa shape index (κ1) is 17.3. The predicted octanol–water partition coefficient (Wildman–Crippen LogP) is 12.5. The first-order valence-corrected chi connectivity index (χ1v) is 16.2. The van der Waals surface area contributed by atoms with Crippen LogP contribution in [0.5, 0.6) is 0 Å². The molecule has 50 heavy (non-hydrogen) atoms. The quantitative estimate of drug-likeness (QED) is 0.183. The van der Waals surface area contributed by atoms with Gasteiger partial charge >= 0.3 is 0 Å². The van der Waals surface area contributed by atoms with Crippen molar-refractivity contribution in [3.05, 3.63) is 163 Å². The molecule has 10 rings (SSSR count). The highest BCUT2D eigenvalue weighted by Gasteiger charge is 2.16. The van der Waals surface area contributed by atoms with Crippen molar-refractivity contribution < 1.29 is 25.0 Å². The third kappa shape index (κ3) is 4.87. The van der Waals surface area contributed by atoms with Gasteiger partial charge in [-0.3, -0.25) is 0 Å². The molecule has 0 aliphatic carbocycles. The molecular weight excluding hydrogens is 631 g/mol. The van der Waals surface area contributed by atoms with E-state index in [1.165, 1.54) is 0 Å². The molecule has 0 saturated carbocycles. The summed E-state index contributed by atoms with van der Waals surface area (Å²) in [7, 11) is 0. The molecule has 7 aromatic carbocycles. The molecule has 0 aliphatic rings. The highest BCUT2D eigenvalue weighted by atomic mass is 32.1. The normalized spacial score (nSPS) is 15.8. The number of hydrogen-bond acceptors (Lipinski definition) is 5. The molecule has 234 valence electrons. The largest absolute Gasteiger partial charge is 0.456 e. The van der Waals surface area contributed by atoms with E-state index in [1.54, 1.807) is 42.5 Å². The monoisotopic (exact) mass is 672 g/mol. The first-order valence-electron chi connectivity index (χ1n) is 22.9. The molecule has 5 heteroatoms. The van der Waals surface area contributed by atoms with Crippen LogP contribution in [0.4, 0.5) is 0 Å². The lowest BCUT2D eigenvalue weighted by Crippen LogP contribution is -2.00. The molecule has 0 amide bonds. The van der Waals surface area contributed by atoms with E-state index in [2.05, 4.69) is 4.98 Å². The number of benzene rings is 7. The number of rotatable bonds is 5. The van der Waals surface area contributed by atoms with Crippen molar-refractivity contribution in [3.63, 3.8) is 0 Å². The van der Waals surface area contributed by atoms with Gasteiger partial charge in [-0.2, -0.15) is 0 Å². The summed E-state index contributed by atoms with van der Waals surface area (Å²) in [6, 6.07) is 11.8. The molecule has 4 nitrogen and oxygen atoms in total. The Morgan fingerprint density at radius 1 is 0.460 bits per heavy atom. The van der Waals surface area contributed by atoms with Crippen LogP contribution >= 0.6 is 11.3 Å². The highest BCUT2D eigenvalue weighted by Crippen LogP contribution is 2.41. The van der Waals surface area contributed by atoms with E-state index in [9.17, 15) is 2.74 Å². The fourth-order valence-electron chi connectivity index (χ4n) is 5.92. The molecule has 0 saturated heterocycles.